The second kappa shape index (κ2) is 8.38. The number of allylic oxidation sites excluding steroid dienone is 2. The minimum absolute atomic E-state index is 0.828. The van der Waals surface area contributed by atoms with Crippen LogP contribution in [0.1, 0.15) is 64.7 Å². The van der Waals surface area contributed by atoms with Crippen LogP contribution in [0.5, 0.6) is 0 Å². The summed E-state index contributed by atoms with van der Waals surface area (Å²) in [5.74, 6) is 2.06. The molecule has 1 saturated carbocycles. The maximum Gasteiger partial charge on any atom is 0.0267 e. The molecule has 1 rings (SSSR count). The molecule has 1 aliphatic rings. The van der Waals surface area contributed by atoms with Gasteiger partial charge in [-0.2, -0.15) is 0 Å². The van der Waals surface area contributed by atoms with Gasteiger partial charge in [-0.3, -0.25) is 0 Å². The molecule has 0 aromatic carbocycles. The van der Waals surface area contributed by atoms with Gasteiger partial charge in [0.2, 0.25) is 0 Å². The van der Waals surface area contributed by atoms with E-state index in [2.05, 4.69) is 19.6 Å². The van der Waals surface area contributed by atoms with E-state index in [-0.39, 0.29) is 0 Å². The number of hydrogen-bond donors (Lipinski definition) is 1. The van der Waals surface area contributed by atoms with Crippen molar-refractivity contribution in [2.24, 2.45) is 17.6 Å². The highest BCUT2D eigenvalue weighted by atomic mass is 14.5. The highest BCUT2D eigenvalue weighted by Crippen LogP contribution is 2.36. The Hall–Kier alpha value is -0.720. The molecule has 1 aliphatic carbocycles. The van der Waals surface area contributed by atoms with E-state index >= 15 is 0 Å². The van der Waals surface area contributed by atoms with Gasteiger partial charge in [-0.1, -0.05) is 58.1 Å². The zero-order chi connectivity index (χ0) is 12.5. The molecule has 2 N–H and O–H groups in total. The van der Waals surface area contributed by atoms with Crippen molar-refractivity contribution in [1.82, 2.24) is 0 Å². The third-order valence-electron chi connectivity index (χ3n) is 4.03. The summed E-state index contributed by atoms with van der Waals surface area (Å²) in [7, 11) is 0. The molecular weight excluding hydrogens is 206 g/mol. The van der Waals surface area contributed by atoms with Crippen LogP contribution in [0, 0.1) is 11.8 Å². The summed E-state index contributed by atoms with van der Waals surface area (Å²) in [4.78, 5) is 0. The van der Waals surface area contributed by atoms with Crippen LogP contribution < -0.4 is 5.73 Å². The van der Waals surface area contributed by atoms with E-state index in [1.807, 2.05) is 0 Å². The molecule has 2 unspecified atom stereocenters. The Labute approximate surface area is 107 Å². The van der Waals surface area contributed by atoms with Crippen molar-refractivity contribution in [3.63, 3.8) is 0 Å². The fourth-order valence-corrected chi connectivity index (χ4v) is 3.04. The first-order chi connectivity index (χ1) is 8.26. The highest BCUT2D eigenvalue weighted by Gasteiger charge is 2.22. The molecule has 0 amide bonds. The van der Waals surface area contributed by atoms with Crippen LogP contribution >= 0.6 is 0 Å². The van der Waals surface area contributed by atoms with Crippen molar-refractivity contribution in [2.75, 3.05) is 0 Å². The monoisotopic (exact) mass is 235 g/mol. The zero-order valence-electron chi connectivity index (χ0n) is 11.5. The van der Waals surface area contributed by atoms with E-state index in [9.17, 15) is 0 Å². The molecule has 0 spiro atoms. The number of nitrogens with two attached hydrogens (primary N) is 1. The third kappa shape index (κ3) is 5.95. The summed E-state index contributed by atoms with van der Waals surface area (Å²) in [6.07, 6.45) is 16.3. The van der Waals surface area contributed by atoms with E-state index in [0.29, 0.717) is 0 Å². The van der Waals surface area contributed by atoms with E-state index < -0.39 is 0 Å². The minimum Gasteiger partial charge on any atom is -0.399 e. The lowest BCUT2D eigenvalue weighted by Crippen LogP contribution is -1.97. The number of unbranched alkanes of at least 4 members (excludes halogenated alkanes) is 2. The van der Waals surface area contributed by atoms with Crippen molar-refractivity contribution < 1.29 is 0 Å². The molecule has 0 aromatic heterocycles. The van der Waals surface area contributed by atoms with Crippen molar-refractivity contribution >= 4 is 0 Å². The lowest BCUT2D eigenvalue weighted by molar-refractivity contribution is 0.430. The van der Waals surface area contributed by atoms with Gasteiger partial charge < -0.3 is 5.73 Å². The van der Waals surface area contributed by atoms with Gasteiger partial charge in [-0.25, -0.2) is 0 Å². The molecule has 0 radical (unpaired) electrons. The normalized spacial score (nSPS) is 25.1. The van der Waals surface area contributed by atoms with Crippen LogP contribution in [0.3, 0.4) is 0 Å². The Morgan fingerprint density at radius 2 is 1.94 bits per heavy atom. The molecule has 17 heavy (non-hydrogen) atoms. The summed E-state index contributed by atoms with van der Waals surface area (Å²) in [5.41, 5.74) is 6.50. The van der Waals surface area contributed by atoms with Crippen LogP contribution in [-0.4, -0.2) is 0 Å². The molecule has 1 fully saturated rings. The van der Waals surface area contributed by atoms with Crippen LogP contribution in [0.2, 0.25) is 0 Å². The molecule has 0 aromatic rings. The Morgan fingerprint density at radius 3 is 2.59 bits per heavy atom. The van der Waals surface area contributed by atoms with E-state index in [1.165, 1.54) is 51.4 Å². The molecule has 1 nitrogen and oxygen atoms in total. The van der Waals surface area contributed by atoms with E-state index in [1.54, 1.807) is 6.08 Å². The maximum absolute atomic E-state index is 5.67. The Morgan fingerprint density at radius 1 is 1.24 bits per heavy atom. The Balaban J connectivity index is 2.02. The maximum atomic E-state index is 5.67. The third-order valence-corrected chi connectivity index (χ3v) is 4.03. The molecule has 2 atom stereocenters. The predicted molar refractivity (Wildman–Crippen MR) is 76.7 cm³/mol. The zero-order valence-corrected chi connectivity index (χ0v) is 11.5. The Bertz CT molecular complexity index is 242. The smallest absolute Gasteiger partial charge is 0.0267 e. The van der Waals surface area contributed by atoms with Crippen LogP contribution in [0.4, 0.5) is 0 Å². The van der Waals surface area contributed by atoms with Crippen LogP contribution in [-0.2, 0) is 0 Å². The standard InChI is InChI=1S/C16H29N/c1-3-8-14-11-12-15(13-14)9-6-5-7-10-16(17)4-2/h4,10,14-15H,2-3,5-9,11-13,17H2,1H3/b16-10+. The average Bonchev–Trinajstić information content (AvgIpc) is 2.76. The first-order valence-corrected chi connectivity index (χ1v) is 7.34. The molecule has 0 bridgehead atoms. The second-order valence-electron chi connectivity index (χ2n) is 5.53. The van der Waals surface area contributed by atoms with Gasteiger partial charge in [-0.15, -0.1) is 0 Å². The molecule has 0 aliphatic heterocycles. The first kappa shape index (κ1) is 14.3. The van der Waals surface area contributed by atoms with Crippen LogP contribution in [0.15, 0.2) is 24.4 Å². The number of hydrogen-bond acceptors (Lipinski definition) is 1. The fourth-order valence-electron chi connectivity index (χ4n) is 3.04. The highest BCUT2D eigenvalue weighted by molar-refractivity contribution is 5.10. The molecule has 1 heteroatoms. The minimum atomic E-state index is 0.828. The van der Waals surface area contributed by atoms with Crippen molar-refractivity contribution in [1.29, 1.82) is 0 Å². The van der Waals surface area contributed by atoms with Crippen molar-refractivity contribution in [3.8, 4) is 0 Å². The first-order valence-electron chi connectivity index (χ1n) is 7.34. The SMILES string of the molecule is C=C/C(N)=C\CCCCC1CCC(CCC)C1. The molecule has 0 heterocycles. The number of rotatable bonds is 8. The van der Waals surface area contributed by atoms with E-state index in [0.717, 1.165) is 24.0 Å². The summed E-state index contributed by atoms with van der Waals surface area (Å²) in [6, 6.07) is 0. The predicted octanol–water partition coefficient (Wildman–Crippen LogP) is 4.79. The topological polar surface area (TPSA) is 26.0 Å². The van der Waals surface area contributed by atoms with Gasteiger partial charge in [0.05, 0.1) is 0 Å². The quantitative estimate of drug-likeness (QED) is 0.475. The summed E-state index contributed by atoms with van der Waals surface area (Å²) in [6.45, 7) is 5.96. The Kier molecular flexibility index (Phi) is 7.07. The summed E-state index contributed by atoms with van der Waals surface area (Å²) < 4.78 is 0. The summed E-state index contributed by atoms with van der Waals surface area (Å²) >= 11 is 0. The van der Waals surface area contributed by atoms with Gasteiger partial charge in [0.25, 0.3) is 0 Å². The van der Waals surface area contributed by atoms with E-state index in [4.69, 9.17) is 5.73 Å². The fraction of sp³-hybridized carbons (Fsp3) is 0.750. The molecule has 0 saturated heterocycles. The van der Waals surface area contributed by atoms with Gasteiger partial charge in [0.15, 0.2) is 0 Å². The van der Waals surface area contributed by atoms with Gasteiger partial charge >= 0.3 is 0 Å². The average molecular weight is 235 g/mol. The lowest BCUT2D eigenvalue weighted by atomic mass is 9.96. The van der Waals surface area contributed by atoms with Gasteiger partial charge in [-0.05, 0) is 37.2 Å². The molecular formula is C16H29N. The largest absolute Gasteiger partial charge is 0.399 e. The van der Waals surface area contributed by atoms with Gasteiger partial charge in [0, 0.05) is 5.70 Å². The van der Waals surface area contributed by atoms with Gasteiger partial charge in [0.1, 0.15) is 0 Å². The van der Waals surface area contributed by atoms with Crippen molar-refractivity contribution in [3.05, 3.63) is 24.4 Å². The summed E-state index contributed by atoms with van der Waals surface area (Å²) in [5, 5.41) is 0. The van der Waals surface area contributed by atoms with Crippen LogP contribution in [0.25, 0.3) is 0 Å². The second-order valence-corrected chi connectivity index (χ2v) is 5.53. The lowest BCUT2D eigenvalue weighted by Gasteiger charge is -2.10. The molecule has 98 valence electrons. The van der Waals surface area contributed by atoms with Crippen molar-refractivity contribution in [2.45, 2.75) is 64.7 Å².